The fourth-order valence-electron chi connectivity index (χ4n) is 1.40. The molecular weight excluding hydrogens is 263 g/mol. The van der Waals surface area contributed by atoms with Crippen LogP contribution in [0.5, 0.6) is 5.75 Å². The van der Waals surface area contributed by atoms with Crippen LogP contribution < -0.4 is 10.5 Å². The Kier molecular flexibility index (Phi) is 5.17. The molecule has 2 N–H and O–H groups in total. The summed E-state index contributed by atoms with van der Waals surface area (Å²) in [4.78, 5) is 10.8. The SMILES string of the molecule is COC(=O)CCOc1ccc(CN)cc1C(F)(F)F. The Morgan fingerprint density at radius 2 is 2.05 bits per heavy atom. The van der Waals surface area contributed by atoms with Crippen molar-refractivity contribution < 1.29 is 27.4 Å². The van der Waals surface area contributed by atoms with Gasteiger partial charge in [0.1, 0.15) is 5.75 Å². The van der Waals surface area contributed by atoms with Gasteiger partial charge in [-0.3, -0.25) is 4.79 Å². The molecule has 0 bridgehead atoms. The Labute approximate surface area is 108 Å². The van der Waals surface area contributed by atoms with Crippen molar-refractivity contribution in [3.8, 4) is 5.75 Å². The first-order chi connectivity index (χ1) is 8.88. The molecule has 1 rings (SSSR count). The Hall–Kier alpha value is -1.76. The number of hydrogen-bond acceptors (Lipinski definition) is 4. The number of halogens is 3. The van der Waals surface area contributed by atoms with Gasteiger partial charge in [-0.25, -0.2) is 0 Å². The van der Waals surface area contributed by atoms with Crippen LogP contribution >= 0.6 is 0 Å². The topological polar surface area (TPSA) is 61.5 Å². The quantitative estimate of drug-likeness (QED) is 0.837. The molecule has 0 saturated heterocycles. The van der Waals surface area contributed by atoms with Crippen LogP contribution in [-0.2, 0) is 22.3 Å². The normalized spacial score (nSPS) is 11.2. The standard InChI is InChI=1S/C12H14F3NO3/c1-18-11(17)4-5-19-10-3-2-8(7-16)6-9(10)12(13,14)15/h2-3,6H,4-5,7,16H2,1H3. The predicted octanol–water partition coefficient (Wildman–Crippen LogP) is 2.11. The summed E-state index contributed by atoms with van der Waals surface area (Å²) in [6, 6.07) is 3.58. The Morgan fingerprint density at radius 3 is 2.58 bits per heavy atom. The van der Waals surface area contributed by atoms with E-state index in [1.807, 2.05) is 0 Å². The van der Waals surface area contributed by atoms with Crippen LogP contribution in [0, 0.1) is 0 Å². The highest BCUT2D eigenvalue weighted by molar-refractivity contribution is 5.69. The number of carbonyl (C=O) groups excluding carboxylic acids is 1. The largest absolute Gasteiger partial charge is 0.492 e. The molecule has 0 aliphatic rings. The summed E-state index contributed by atoms with van der Waals surface area (Å²) in [6.07, 6.45) is -4.65. The number of alkyl halides is 3. The van der Waals surface area contributed by atoms with Crippen molar-refractivity contribution in [2.24, 2.45) is 5.73 Å². The molecule has 0 aliphatic carbocycles. The van der Waals surface area contributed by atoms with E-state index in [2.05, 4.69) is 4.74 Å². The highest BCUT2D eigenvalue weighted by atomic mass is 19.4. The van der Waals surface area contributed by atoms with Gasteiger partial charge in [0.2, 0.25) is 0 Å². The molecule has 0 spiro atoms. The molecule has 0 saturated carbocycles. The van der Waals surface area contributed by atoms with Crippen molar-refractivity contribution in [2.45, 2.75) is 19.1 Å². The zero-order valence-electron chi connectivity index (χ0n) is 10.3. The molecule has 0 fully saturated rings. The first-order valence-corrected chi connectivity index (χ1v) is 5.48. The van der Waals surface area contributed by atoms with Gasteiger partial charge in [0, 0.05) is 6.54 Å². The van der Waals surface area contributed by atoms with Crippen LogP contribution in [-0.4, -0.2) is 19.7 Å². The fourth-order valence-corrected chi connectivity index (χ4v) is 1.40. The van der Waals surface area contributed by atoms with E-state index in [0.29, 0.717) is 5.56 Å². The lowest BCUT2D eigenvalue weighted by molar-refractivity contribution is -0.141. The van der Waals surface area contributed by atoms with Gasteiger partial charge in [-0.15, -0.1) is 0 Å². The van der Waals surface area contributed by atoms with Crippen molar-refractivity contribution >= 4 is 5.97 Å². The Balaban J connectivity index is 2.85. The van der Waals surface area contributed by atoms with E-state index in [1.54, 1.807) is 0 Å². The zero-order valence-corrected chi connectivity index (χ0v) is 10.3. The molecule has 7 heteroatoms. The van der Waals surface area contributed by atoms with E-state index < -0.39 is 17.7 Å². The number of rotatable bonds is 5. The lowest BCUT2D eigenvalue weighted by atomic mass is 10.1. The van der Waals surface area contributed by atoms with Crippen LogP contribution in [0.2, 0.25) is 0 Å². The maximum atomic E-state index is 12.8. The number of ether oxygens (including phenoxy) is 2. The van der Waals surface area contributed by atoms with Gasteiger partial charge in [-0.05, 0) is 17.7 Å². The molecule has 0 heterocycles. The summed E-state index contributed by atoms with van der Waals surface area (Å²) in [5, 5.41) is 0. The van der Waals surface area contributed by atoms with Crippen LogP contribution in [0.3, 0.4) is 0 Å². The van der Waals surface area contributed by atoms with E-state index in [1.165, 1.54) is 19.2 Å². The van der Waals surface area contributed by atoms with Gasteiger partial charge in [0.15, 0.2) is 0 Å². The summed E-state index contributed by atoms with van der Waals surface area (Å²) in [5.41, 5.74) is 4.75. The van der Waals surface area contributed by atoms with Crippen molar-refractivity contribution in [1.82, 2.24) is 0 Å². The molecule has 4 nitrogen and oxygen atoms in total. The van der Waals surface area contributed by atoms with Gasteiger partial charge < -0.3 is 15.2 Å². The number of hydrogen-bond donors (Lipinski definition) is 1. The minimum atomic E-state index is -4.54. The summed E-state index contributed by atoms with van der Waals surface area (Å²) in [6.45, 7) is -0.177. The molecule has 1 aromatic carbocycles. The maximum Gasteiger partial charge on any atom is 0.419 e. The second-order valence-electron chi connectivity index (χ2n) is 3.71. The minimum Gasteiger partial charge on any atom is -0.492 e. The number of carbonyl (C=O) groups is 1. The second kappa shape index (κ2) is 6.42. The smallest absolute Gasteiger partial charge is 0.419 e. The van der Waals surface area contributed by atoms with Crippen LogP contribution in [0.4, 0.5) is 13.2 Å². The third-order valence-corrected chi connectivity index (χ3v) is 2.38. The van der Waals surface area contributed by atoms with Crippen molar-refractivity contribution in [2.75, 3.05) is 13.7 Å². The first-order valence-electron chi connectivity index (χ1n) is 5.48. The summed E-state index contributed by atoms with van der Waals surface area (Å²) >= 11 is 0. The predicted molar refractivity (Wildman–Crippen MR) is 61.5 cm³/mol. The maximum absolute atomic E-state index is 12.8. The second-order valence-corrected chi connectivity index (χ2v) is 3.71. The minimum absolute atomic E-state index is 0.00548. The number of methoxy groups -OCH3 is 1. The molecule has 1 aromatic rings. The lowest BCUT2D eigenvalue weighted by Crippen LogP contribution is -2.13. The average Bonchev–Trinajstić information content (AvgIpc) is 2.37. The van der Waals surface area contributed by atoms with Gasteiger partial charge in [-0.1, -0.05) is 6.07 Å². The third-order valence-electron chi connectivity index (χ3n) is 2.38. The van der Waals surface area contributed by atoms with Gasteiger partial charge in [0.25, 0.3) is 0 Å². The van der Waals surface area contributed by atoms with Gasteiger partial charge >= 0.3 is 12.1 Å². The van der Waals surface area contributed by atoms with Crippen LogP contribution in [0.25, 0.3) is 0 Å². The highest BCUT2D eigenvalue weighted by Gasteiger charge is 2.34. The number of benzene rings is 1. The highest BCUT2D eigenvalue weighted by Crippen LogP contribution is 2.36. The van der Waals surface area contributed by atoms with Gasteiger partial charge in [-0.2, -0.15) is 13.2 Å². The zero-order chi connectivity index (χ0) is 14.5. The van der Waals surface area contributed by atoms with E-state index in [0.717, 1.165) is 6.07 Å². The van der Waals surface area contributed by atoms with Crippen LogP contribution in [0.15, 0.2) is 18.2 Å². The molecule has 106 valence electrons. The number of esters is 1. The van der Waals surface area contributed by atoms with E-state index >= 15 is 0 Å². The molecule has 0 amide bonds. The molecule has 19 heavy (non-hydrogen) atoms. The van der Waals surface area contributed by atoms with Crippen molar-refractivity contribution in [3.63, 3.8) is 0 Å². The molecule has 0 radical (unpaired) electrons. The summed E-state index contributed by atoms with van der Waals surface area (Å²) in [7, 11) is 1.19. The van der Waals surface area contributed by atoms with Crippen LogP contribution in [0.1, 0.15) is 17.5 Å². The molecule has 0 aliphatic heterocycles. The third kappa shape index (κ3) is 4.44. The number of nitrogens with two attached hydrogens (primary N) is 1. The van der Waals surface area contributed by atoms with Gasteiger partial charge in [0.05, 0.1) is 25.7 Å². The lowest BCUT2D eigenvalue weighted by Gasteiger charge is -2.14. The van der Waals surface area contributed by atoms with E-state index in [-0.39, 0.29) is 25.3 Å². The Morgan fingerprint density at radius 1 is 1.37 bits per heavy atom. The van der Waals surface area contributed by atoms with Crippen molar-refractivity contribution in [1.29, 1.82) is 0 Å². The van der Waals surface area contributed by atoms with E-state index in [4.69, 9.17) is 10.5 Å². The molecule has 0 unspecified atom stereocenters. The summed E-state index contributed by atoms with van der Waals surface area (Å²) < 4.78 is 47.8. The van der Waals surface area contributed by atoms with Crippen molar-refractivity contribution in [3.05, 3.63) is 29.3 Å². The molecular formula is C12H14F3NO3. The average molecular weight is 277 g/mol. The Bertz CT molecular complexity index is 446. The van der Waals surface area contributed by atoms with E-state index in [9.17, 15) is 18.0 Å². The molecule has 0 atom stereocenters. The molecule has 0 aromatic heterocycles. The first kappa shape index (κ1) is 15.3. The fraction of sp³-hybridized carbons (Fsp3) is 0.417. The summed E-state index contributed by atoms with van der Waals surface area (Å²) in [5.74, 6) is -0.874. The monoisotopic (exact) mass is 277 g/mol.